The van der Waals surface area contributed by atoms with Crippen LogP contribution >= 0.6 is 27.3 Å². The van der Waals surface area contributed by atoms with E-state index in [9.17, 15) is 0 Å². The highest BCUT2D eigenvalue weighted by Crippen LogP contribution is 2.24. The summed E-state index contributed by atoms with van der Waals surface area (Å²) in [6, 6.07) is 12.5. The summed E-state index contributed by atoms with van der Waals surface area (Å²) in [6.45, 7) is 2.84. The maximum atomic E-state index is 4.62. The highest BCUT2D eigenvalue weighted by molar-refractivity contribution is 9.10. The Bertz CT molecular complexity index is 721. The number of pyridine rings is 1. The van der Waals surface area contributed by atoms with Crippen molar-refractivity contribution in [1.82, 2.24) is 4.98 Å². The number of halogens is 1. The van der Waals surface area contributed by atoms with E-state index in [1.807, 2.05) is 13.0 Å². The summed E-state index contributed by atoms with van der Waals surface area (Å²) in [5.74, 6) is 0. The number of hydrogen-bond donors (Lipinski definition) is 1. The van der Waals surface area contributed by atoms with Crippen molar-refractivity contribution in [2.24, 2.45) is 0 Å². The predicted molar refractivity (Wildman–Crippen MR) is 85.8 cm³/mol. The zero-order valence-corrected chi connectivity index (χ0v) is 12.9. The van der Waals surface area contributed by atoms with Crippen molar-refractivity contribution in [3.63, 3.8) is 0 Å². The normalized spacial score (nSPS) is 10.8. The lowest BCUT2D eigenvalue weighted by Gasteiger charge is -2.08. The summed E-state index contributed by atoms with van der Waals surface area (Å²) in [5, 5.41) is 6.74. The maximum Gasteiger partial charge on any atom is 0.0936 e. The number of anilines is 1. The second kappa shape index (κ2) is 5.31. The molecule has 2 aromatic heterocycles. The molecule has 2 nitrogen and oxygen atoms in total. The van der Waals surface area contributed by atoms with E-state index in [1.54, 1.807) is 11.3 Å². The van der Waals surface area contributed by atoms with Crippen molar-refractivity contribution >= 4 is 43.9 Å². The molecule has 0 saturated carbocycles. The van der Waals surface area contributed by atoms with Crippen LogP contribution in [0.2, 0.25) is 0 Å². The van der Waals surface area contributed by atoms with Gasteiger partial charge in [0.05, 0.1) is 11.2 Å². The SMILES string of the molecule is Cc1ccc2cccc(NCc3cc(Br)cs3)c2n1. The molecule has 0 aliphatic rings. The molecular formula is C15H13BrN2S. The molecule has 0 amide bonds. The Balaban J connectivity index is 1.90. The summed E-state index contributed by atoms with van der Waals surface area (Å²) in [7, 11) is 0. The lowest BCUT2D eigenvalue weighted by Crippen LogP contribution is -1.99. The highest BCUT2D eigenvalue weighted by atomic mass is 79.9. The molecule has 0 fully saturated rings. The summed E-state index contributed by atoms with van der Waals surface area (Å²) < 4.78 is 1.14. The second-order valence-electron chi connectivity index (χ2n) is 4.41. The molecule has 0 aliphatic heterocycles. The Morgan fingerprint density at radius 1 is 1.26 bits per heavy atom. The van der Waals surface area contributed by atoms with Gasteiger partial charge in [0.15, 0.2) is 0 Å². The Hall–Kier alpha value is -1.39. The number of hydrogen-bond acceptors (Lipinski definition) is 3. The summed E-state index contributed by atoms with van der Waals surface area (Å²) in [6.07, 6.45) is 0. The number of aromatic nitrogens is 1. The van der Waals surface area contributed by atoms with Gasteiger partial charge in [-0.05, 0) is 41.1 Å². The third-order valence-corrected chi connectivity index (χ3v) is 4.63. The van der Waals surface area contributed by atoms with Crippen LogP contribution in [0, 0.1) is 6.92 Å². The van der Waals surface area contributed by atoms with E-state index in [0.29, 0.717) is 0 Å². The highest BCUT2D eigenvalue weighted by Gasteiger charge is 2.03. The number of para-hydroxylation sites is 1. The van der Waals surface area contributed by atoms with Gasteiger partial charge in [-0.15, -0.1) is 11.3 Å². The van der Waals surface area contributed by atoms with Crippen molar-refractivity contribution in [2.45, 2.75) is 13.5 Å². The summed E-state index contributed by atoms with van der Waals surface area (Å²) in [4.78, 5) is 5.93. The molecule has 2 heterocycles. The molecular weight excluding hydrogens is 320 g/mol. The first-order valence-corrected chi connectivity index (χ1v) is 7.73. The fourth-order valence-corrected chi connectivity index (χ4v) is 3.41. The molecule has 3 rings (SSSR count). The van der Waals surface area contributed by atoms with Crippen LogP contribution in [0.15, 0.2) is 46.3 Å². The molecule has 1 aromatic carbocycles. The molecule has 0 aliphatic carbocycles. The molecule has 0 unspecified atom stereocenters. The van der Waals surface area contributed by atoms with Crippen molar-refractivity contribution in [1.29, 1.82) is 0 Å². The van der Waals surface area contributed by atoms with Crippen LogP contribution in [-0.2, 0) is 6.54 Å². The van der Waals surface area contributed by atoms with Crippen LogP contribution < -0.4 is 5.32 Å². The predicted octanol–water partition coefficient (Wildman–Crippen LogP) is 4.98. The molecule has 3 aromatic rings. The average molecular weight is 333 g/mol. The first-order valence-electron chi connectivity index (χ1n) is 6.05. The van der Waals surface area contributed by atoms with Crippen molar-refractivity contribution in [3.8, 4) is 0 Å². The fraction of sp³-hybridized carbons (Fsp3) is 0.133. The first-order chi connectivity index (χ1) is 9.22. The van der Waals surface area contributed by atoms with E-state index in [-0.39, 0.29) is 0 Å². The third-order valence-electron chi connectivity index (χ3n) is 2.93. The number of nitrogens with one attached hydrogen (secondary N) is 1. The minimum Gasteiger partial charge on any atom is -0.378 e. The van der Waals surface area contributed by atoms with Crippen LogP contribution in [0.25, 0.3) is 10.9 Å². The van der Waals surface area contributed by atoms with Gasteiger partial charge >= 0.3 is 0 Å². The monoisotopic (exact) mass is 332 g/mol. The van der Waals surface area contributed by atoms with E-state index >= 15 is 0 Å². The largest absolute Gasteiger partial charge is 0.378 e. The van der Waals surface area contributed by atoms with Crippen LogP contribution in [0.3, 0.4) is 0 Å². The number of rotatable bonds is 3. The zero-order valence-electron chi connectivity index (χ0n) is 10.5. The van der Waals surface area contributed by atoms with E-state index in [1.165, 1.54) is 10.3 Å². The minimum absolute atomic E-state index is 0.824. The summed E-state index contributed by atoms with van der Waals surface area (Å²) in [5.41, 5.74) is 3.17. The van der Waals surface area contributed by atoms with Crippen molar-refractivity contribution < 1.29 is 0 Å². The van der Waals surface area contributed by atoms with Crippen molar-refractivity contribution in [3.05, 3.63) is 56.8 Å². The van der Waals surface area contributed by atoms with Gasteiger partial charge in [0.2, 0.25) is 0 Å². The molecule has 4 heteroatoms. The standard InChI is InChI=1S/C15H13BrN2S/c1-10-5-6-11-3-2-4-14(15(11)18-10)17-8-13-7-12(16)9-19-13/h2-7,9,17H,8H2,1H3. The number of aryl methyl sites for hydroxylation is 1. The van der Waals surface area contributed by atoms with Crippen LogP contribution in [0.1, 0.15) is 10.6 Å². The minimum atomic E-state index is 0.824. The molecule has 0 atom stereocenters. The molecule has 96 valence electrons. The van der Waals surface area contributed by atoms with Gasteiger partial charge in [-0.25, -0.2) is 0 Å². The van der Waals surface area contributed by atoms with E-state index in [2.05, 4.69) is 61.9 Å². The molecule has 0 radical (unpaired) electrons. The van der Waals surface area contributed by atoms with Crippen LogP contribution in [-0.4, -0.2) is 4.98 Å². The smallest absolute Gasteiger partial charge is 0.0936 e. The Morgan fingerprint density at radius 2 is 2.16 bits per heavy atom. The molecule has 0 spiro atoms. The first kappa shape index (κ1) is 12.6. The van der Waals surface area contributed by atoms with Gasteiger partial charge in [0.25, 0.3) is 0 Å². The number of thiophene rings is 1. The number of nitrogens with zero attached hydrogens (tertiary/aromatic N) is 1. The topological polar surface area (TPSA) is 24.9 Å². The van der Waals surface area contributed by atoms with Crippen LogP contribution in [0.5, 0.6) is 0 Å². The van der Waals surface area contributed by atoms with Gasteiger partial charge in [0, 0.05) is 32.4 Å². The molecule has 1 N–H and O–H groups in total. The Morgan fingerprint density at radius 3 is 2.95 bits per heavy atom. The van der Waals surface area contributed by atoms with E-state index in [4.69, 9.17) is 0 Å². The molecule has 0 bridgehead atoms. The van der Waals surface area contributed by atoms with Gasteiger partial charge in [-0.2, -0.15) is 0 Å². The molecule has 19 heavy (non-hydrogen) atoms. The Kier molecular flexibility index (Phi) is 3.53. The zero-order chi connectivity index (χ0) is 13.2. The lowest BCUT2D eigenvalue weighted by molar-refractivity contribution is 1.18. The summed E-state index contributed by atoms with van der Waals surface area (Å²) >= 11 is 5.23. The average Bonchev–Trinajstić information content (AvgIpc) is 2.82. The van der Waals surface area contributed by atoms with Gasteiger partial charge in [-0.3, -0.25) is 4.98 Å². The van der Waals surface area contributed by atoms with Gasteiger partial charge in [-0.1, -0.05) is 18.2 Å². The van der Waals surface area contributed by atoms with E-state index < -0.39 is 0 Å². The molecule has 0 saturated heterocycles. The lowest BCUT2D eigenvalue weighted by atomic mass is 10.1. The second-order valence-corrected chi connectivity index (χ2v) is 6.33. The number of benzene rings is 1. The maximum absolute atomic E-state index is 4.62. The quantitative estimate of drug-likeness (QED) is 0.731. The van der Waals surface area contributed by atoms with Gasteiger partial charge in [0.1, 0.15) is 0 Å². The van der Waals surface area contributed by atoms with Crippen LogP contribution in [0.4, 0.5) is 5.69 Å². The number of fused-ring (bicyclic) bond motifs is 1. The van der Waals surface area contributed by atoms with E-state index in [0.717, 1.165) is 27.9 Å². The fourth-order valence-electron chi connectivity index (χ4n) is 2.02. The van der Waals surface area contributed by atoms with Crippen molar-refractivity contribution in [2.75, 3.05) is 5.32 Å². The van der Waals surface area contributed by atoms with Gasteiger partial charge < -0.3 is 5.32 Å². The Labute approximate surface area is 124 Å². The third kappa shape index (κ3) is 2.80.